The molecular formula is C16H33NO2. The molecule has 1 fully saturated rings. The summed E-state index contributed by atoms with van der Waals surface area (Å²) in [5.74, 6) is 0.278. The van der Waals surface area contributed by atoms with Crippen molar-refractivity contribution in [2.24, 2.45) is 0 Å². The molecule has 3 heteroatoms. The molecule has 2 atom stereocenters. The first-order valence-corrected chi connectivity index (χ1v) is 7.29. The molecule has 1 aliphatic rings. The Morgan fingerprint density at radius 2 is 2.11 bits per heavy atom. The number of carbonyl (C=O) groups is 1. The van der Waals surface area contributed by atoms with Gasteiger partial charge in [-0.3, -0.25) is 4.79 Å². The number of likely N-dealkylation sites (tertiary alicyclic amines) is 1. The first-order valence-electron chi connectivity index (χ1n) is 7.29. The van der Waals surface area contributed by atoms with Gasteiger partial charge in [0.05, 0.1) is 12.1 Å². The van der Waals surface area contributed by atoms with E-state index in [2.05, 4.69) is 13.0 Å². The van der Waals surface area contributed by atoms with Gasteiger partial charge in [0.1, 0.15) is 0 Å². The van der Waals surface area contributed by atoms with E-state index in [-0.39, 0.29) is 25.5 Å². The Labute approximate surface area is 119 Å². The molecule has 0 aromatic rings. The van der Waals surface area contributed by atoms with Crippen LogP contribution in [0.3, 0.4) is 0 Å². The summed E-state index contributed by atoms with van der Waals surface area (Å²) in [6, 6.07) is 0.262. The number of carbonyl (C=O) groups excluding carboxylic acids is 1. The van der Waals surface area contributed by atoms with E-state index in [1.807, 2.05) is 24.8 Å². The second-order valence-corrected chi connectivity index (χ2v) is 4.56. The lowest BCUT2D eigenvalue weighted by Crippen LogP contribution is -2.32. The van der Waals surface area contributed by atoms with Crippen molar-refractivity contribution in [2.45, 2.75) is 79.4 Å². The van der Waals surface area contributed by atoms with Crippen molar-refractivity contribution in [3.05, 3.63) is 12.2 Å². The number of aliphatic hydroxyl groups excluding tert-OH is 1. The van der Waals surface area contributed by atoms with Crippen LogP contribution in [0, 0.1) is 0 Å². The van der Waals surface area contributed by atoms with E-state index < -0.39 is 0 Å². The van der Waals surface area contributed by atoms with Gasteiger partial charge in [-0.25, -0.2) is 0 Å². The first-order chi connectivity index (χ1) is 8.65. The number of hydrogen-bond acceptors (Lipinski definition) is 2. The monoisotopic (exact) mass is 271 g/mol. The van der Waals surface area contributed by atoms with Gasteiger partial charge in [0.15, 0.2) is 0 Å². The fourth-order valence-electron chi connectivity index (χ4n) is 2.01. The molecule has 0 unspecified atom stereocenters. The molecule has 1 rings (SSSR count). The largest absolute Gasteiger partial charge is 0.393 e. The summed E-state index contributed by atoms with van der Waals surface area (Å²) in [6.07, 6.45) is 8.25. The predicted molar refractivity (Wildman–Crippen MR) is 83.2 cm³/mol. The lowest BCUT2D eigenvalue weighted by Gasteiger charge is -2.22. The fraction of sp³-hybridized carbons (Fsp3) is 0.812. The molecule has 114 valence electrons. The molecule has 1 aliphatic heterocycles. The van der Waals surface area contributed by atoms with Gasteiger partial charge in [0, 0.05) is 13.0 Å². The maximum absolute atomic E-state index is 11.6. The highest BCUT2D eigenvalue weighted by atomic mass is 16.3. The average Bonchev–Trinajstić information content (AvgIpc) is 2.70. The van der Waals surface area contributed by atoms with Crippen LogP contribution >= 0.6 is 0 Å². The summed E-state index contributed by atoms with van der Waals surface area (Å²) in [5.41, 5.74) is 0. The number of amides is 1. The fourth-order valence-corrected chi connectivity index (χ4v) is 2.01. The summed E-state index contributed by atoms with van der Waals surface area (Å²) >= 11 is 0. The lowest BCUT2D eigenvalue weighted by molar-refractivity contribution is -0.128. The van der Waals surface area contributed by atoms with Gasteiger partial charge >= 0.3 is 0 Å². The molecule has 0 saturated carbocycles. The summed E-state index contributed by atoms with van der Waals surface area (Å²) in [4.78, 5) is 13.6. The average molecular weight is 271 g/mol. The van der Waals surface area contributed by atoms with Crippen LogP contribution in [-0.2, 0) is 4.79 Å². The first kappa shape index (κ1) is 20.5. The van der Waals surface area contributed by atoms with Crippen LogP contribution in [-0.4, -0.2) is 34.6 Å². The summed E-state index contributed by atoms with van der Waals surface area (Å²) < 4.78 is 0. The number of rotatable bonds is 6. The third-order valence-electron chi connectivity index (χ3n) is 2.96. The summed E-state index contributed by atoms with van der Waals surface area (Å²) in [5, 5.41) is 9.15. The molecule has 1 amide bonds. The Balaban J connectivity index is 0. The van der Waals surface area contributed by atoms with E-state index in [1.54, 1.807) is 6.92 Å². The van der Waals surface area contributed by atoms with Crippen molar-refractivity contribution < 1.29 is 9.90 Å². The zero-order chi connectivity index (χ0) is 14.0. The molecule has 3 nitrogen and oxygen atoms in total. The van der Waals surface area contributed by atoms with Gasteiger partial charge in [0.2, 0.25) is 5.91 Å². The van der Waals surface area contributed by atoms with E-state index in [1.165, 1.54) is 0 Å². The molecule has 1 N–H and O–H groups in total. The quantitative estimate of drug-likeness (QED) is 0.747. The summed E-state index contributed by atoms with van der Waals surface area (Å²) in [6.45, 7) is 8.79. The molecule has 0 aromatic heterocycles. The van der Waals surface area contributed by atoms with Gasteiger partial charge in [-0.1, -0.05) is 46.8 Å². The molecular weight excluding hydrogens is 238 g/mol. The van der Waals surface area contributed by atoms with Crippen molar-refractivity contribution in [3.8, 4) is 0 Å². The van der Waals surface area contributed by atoms with E-state index in [0.717, 1.165) is 25.8 Å². The smallest absolute Gasteiger partial charge is 0.223 e. The normalized spacial score (nSPS) is 19.9. The minimum absolute atomic E-state index is 0. The Morgan fingerprint density at radius 1 is 1.47 bits per heavy atom. The molecule has 0 aromatic carbocycles. The lowest BCUT2D eigenvalue weighted by atomic mass is 10.1. The maximum atomic E-state index is 11.6. The zero-order valence-electron chi connectivity index (χ0n) is 12.4. The molecule has 0 aliphatic carbocycles. The number of unbranched alkanes of at least 4 members (excludes halogenated alkanes) is 1. The highest BCUT2D eigenvalue weighted by Crippen LogP contribution is 2.20. The summed E-state index contributed by atoms with van der Waals surface area (Å²) in [7, 11) is 0. The standard InChI is InChI=1S/C13H23NO2.C2H6.CH4/c1-3-4-10-14-12(8-9-13(14)16)7-5-6-11(2)15;1-2;/h5,7,11-12,15H,3-4,6,8-10H2,1-2H3;1-2H3;1H4/b7-5+;;/t11-,12+;;/m1../s1. The van der Waals surface area contributed by atoms with Gasteiger partial charge < -0.3 is 10.0 Å². The Hall–Kier alpha value is -0.830. The van der Waals surface area contributed by atoms with Crippen LogP contribution in [0.5, 0.6) is 0 Å². The highest BCUT2D eigenvalue weighted by Gasteiger charge is 2.27. The maximum Gasteiger partial charge on any atom is 0.223 e. The number of nitrogens with zero attached hydrogens (tertiary/aromatic N) is 1. The van der Waals surface area contributed by atoms with Crippen LogP contribution in [0.25, 0.3) is 0 Å². The molecule has 19 heavy (non-hydrogen) atoms. The van der Waals surface area contributed by atoms with E-state index in [4.69, 9.17) is 5.11 Å². The third kappa shape index (κ3) is 8.04. The van der Waals surface area contributed by atoms with Crippen LogP contribution in [0.2, 0.25) is 0 Å². The molecule has 1 heterocycles. The van der Waals surface area contributed by atoms with Crippen LogP contribution < -0.4 is 0 Å². The second-order valence-electron chi connectivity index (χ2n) is 4.56. The molecule has 1 saturated heterocycles. The molecule has 0 bridgehead atoms. The van der Waals surface area contributed by atoms with Gasteiger partial charge in [0.25, 0.3) is 0 Å². The number of aliphatic hydroxyl groups is 1. The SMILES string of the molecule is C.CC.CCCCN1C(=O)CC[C@@H]1/C=C/C[C@@H](C)O. The zero-order valence-corrected chi connectivity index (χ0v) is 12.4. The Morgan fingerprint density at radius 3 is 2.63 bits per heavy atom. The second kappa shape index (κ2) is 12.2. The molecule has 0 radical (unpaired) electrons. The molecule has 0 spiro atoms. The highest BCUT2D eigenvalue weighted by molar-refractivity contribution is 5.79. The van der Waals surface area contributed by atoms with Gasteiger partial charge in [-0.2, -0.15) is 0 Å². The van der Waals surface area contributed by atoms with Crippen LogP contribution in [0.1, 0.15) is 67.2 Å². The minimum atomic E-state index is -0.294. The van der Waals surface area contributed by atoms with Crippen LogP contribution in [0.15, 0.2) is 12.2 Å². The number of hydrogen-bond donors (Lipinski definition) is 1. The predicted octanol–water partition coefficient (Wildman–Crippen LogP) is 3.77. The third-order valence-corrected chi connectivity index (χ3v) is 2.96. The minimum Gasteiger partial charge on any atom is -0.393 e. The van der Waals surface area contributed by atoms with Crippen molar-refractivity contribution in [3.63, 3.8) is 0 Å². The van der Waals surface area contributed by atoms with Crippen molar-refractivity contribution in [2.75, 3.05) is 6.54 Å². The van der Waals surface area contributed by atoms with Crippen molar-refractivity contribution >= 4 is 5.91 Å². The topological polar surface area (TPSA) is 40.5 Å². The van der Waals surface area contributed by atoms with E-state index >= 15 is 0 Å². The van der Waals surface area contributed by atoms with Crippen LogP contribution in [0.4, 0.5) is 0 Å². The van der Waals surface area contributed by atoms with E-state index in [0.29, 0.717) is 12.8 Å². The van der Waals surface area contributed by atoms with Crippen molar-refractivity contribution in [1.29, 1.82) is 0 Å². The Bertz CT molecular complexity index is 249. The Kier molecular flexibility index (Phi) is 13.2. The van der Waals surface area contributed by atoms with Gasteiger partial charge in [-0.15, -0.1) is 0 Å². The van der Waals surface area contributed by atoms with Gasteiger partial charge in [-0.05, 0) is 26.2 Å². The van der Waals surface area contributed by atoms with Crippen molar-refractivity contribution in [1.82, 2.24) is 4.90 Å². The van der Waals surface area contributed by atoms with E-state index in [9.17, 15) is 4.79 Å².